The molecule has 0 atom stereocenters. The van der Waals surface area contributed by atoms with Crippen molar-refractivity contribution in [2.45, 2.75) is 13.3 Å². The van der Waals surface area contributed by atoms with E-state index >= 15 is 0 Å². The van der Waals surface area contributed by atoms with Crippen molar-refractivity contribution >= 4 is 29.1 Å². The third-order valence-corrected chi connectivity index (χ3v) is 2.77. The Morgan fingerprint density at radius 2 is 2.26 bits per heavy atom. The van der Waals surface area contributed by atoms with E-state index < -0.39 is 0 Å². The van der Waals surface area contributed by atoms with Crippen LogP contribution in [0, 0.1) is 6.92 Å². The van der Waals surface area contributed by atoms with E-state index in [4.69, 9.17) is 27.7 Å². The lowest BCUT2D eigenvalue weighted by Crippen LogP contribution is -2.26. The lowest BCUT2D eigenvalue weighted by Gasteiger charge is -2.05. The zero-order chi connectivity index (χ0) is 13.8. The lowest BCUT2D eigenvalue weighted by molar-refractivity contribution is 0.0953. The first-order valence-electron chi connectivity index (χ1n) is 5.44. The summed E-state index contributed by atoms with van der Waals surface area (Å²) in [6.45, 7) is 2.08. The second-order valence-corrected chi connectivity index (χ2v) is 4.52. The van der Waals surface area contributed by atoms with Gasteiger partial charge >= 0.3 is 0 Å². The molecule has 2 aromatic heterocycles. The average molecular weight is 301 g/mol. The molecule has 0 unspecified atom stereocenters. The van der Waals surface area contributed by atoms with Crippen LogP contribution in [0.25, 0.3) is 0 Å². The van der Waals surface area contributed by atoms with E-state index in [2.05, 4.69) is 20.4 Å². The van der Waals surface area contributed by atoms with Crippen molar-refractivity contribution in [1.82, 2.24) is 20.4 Å². The predicted molar refractivity (Wildman–Crippen MR) is 69.3 cm³/mol. The van der Waals surface area contributed by atoms with Crippen LogP contribution in [0.5, 0.6) is 0 Å². The number of nitrogens with zero attached hydrogens (tertiary/aromatic N) is 3. The smallest absolute Gasteiger partial charge is 0.252 e. The molecule has 0 aliphatic rings. The average Bonchev–Trinajstić information content (AvgIpc) is 2.78. The molecule has 2 rings (SSSR count). The molecule has 0 saturated heterocycles. The number of amides is 1. The molecule has 8 heteroatoms. The van der Waals surface area contributed by atoms with E-state index in [0.29, 0.717) is 24.7 Å². The normalized spacial score (nSPS) is 10.5. The van der Waals surface area contributed by atoms with Gasteiger partial charge in [-0.05, 0) is 13.0 Å². The highest BCUT2D eigenvalue weighted by Gasteiger charge is 2.12. The summed E-state index contributed by atoms with van der Waals surface area (Å²) in [7, 11) is 0. The molecular weight excluding hydrogens is 291 g/mol. The van der Waals surface area contributed by atoms with E-state index in [-0.39, 0.29) is 21.6 Å². The number of pyridine rings is 1. The molecule has 0 aliphatic carbocycles. The highest BCUT2D eigenvalue weighted by Crippen LogP contribution is 2.17. The zero-order valence-electron chi connectivity index (χ0n) is 9.98. The summed E-state index contributed by atoms with van der Waals surface area (Å²) in [5.41, 5.74) is 0.281. The van der Waals surface area contributed by atoms with Gasteiger partial charge in [0.05, 0.1) is 10.6 Å². The molecule has 0 bridgehead atoms. The van der Waals surface area contributed by atoms with Crippen LogP contribution in [0.2, 0.25) is 10.2 Å². The lowest BCUT2D eigenvalue weighted by atomic mass is 10.2. The Hall–Kier alpha value is -1.66. The Labute approximate surface area is 119 Å². The van der Waals surface area contributed by atoms with Crippen LogP contribution in [-0.2, 0) is 6.42 Å². The van der Waals surface area contributed by atoms with E-state index in [1.807, 2.05) is 0 Å². The van der Waals surface area contributed by atoms with E-state index in [9.17, 15) is 4.79 Å². The maximum Gasteiger partial charge on any atom is 0.252 e. The first kappa shape index (κ1) is 13.8. The Morgan fingerprint density at radius 1 is 1.47 bits per heavy atom. The largest absolute Gasteiger partial charge is 0.351 e. The Morgan fingerprint density at radius 3 is 2.95 bits per heavy atom. The molecule has 2 heterocycles. The third-order valence-electron chi connectivity index (χ3n) is 2.26. The predicted octanol–water partition coefficient (Wildman–Crippen LogP) is 2.05. The maximum absolute atomic E-state index is 11.9. The van der Waals surface area contributed by atoms with Crippen molar-refractivity contribution in [3.05, 3.63) is 39.7 Å². The van der Waals surface area contributed by atoms with Gasteiger partial charge < -0.3 is 9.84 Å². The Balaban J connectivity index is 1.92. The van der Waals surface area contributed by atoms with Gasteiger partial charge in [0.2, 0.25) is 5.89 Å². The highest BCUT2D eigenvalue weighted by atomic mass is 35.5. The van der Waals surface area contributed by atoms with Crippen LogP contribution in [0.1, 0.15) is 22.1 Å². The molecule has 2 aromatic rings. The van der Waals surface area contributed by atoms with Crippen molar-refractivity contribution < 1.29 is 9.32 Å². The number of halogens is 2. The molecule has 100 valence electrons. The van der Waals surface area contributed by atoms with Crippen LogP contribution >= 0.6 is 23.2 Å². The van der Waals surface area contributed by atoms with E-state index in [0.717, 1.165) is 0 Å². The number of aryl methyl sites for hydroxylation is 1. The Kier molecular flexibility index (Phi) is 4.34. The highest BCUT2D eigenvalue weighted by molar-refractivity contribution is 6.35. The molecule has 0 fully saturated rings. The maximum atomic E-state index is 11.9. The number of rotatable bonds is 4. The molecule has 0 spiro atoms. The molecule has 0 saturated carbocycles. The number of carbonyl (C=O) groups is 1. The Bertz CT molecular complexity index is 600. The number of hydrogen-bond donors (Lipinski definition) is 1. The minimum absolute atomic E-state index is 0.210. The van der Waals surface area contributed by atoms with Gasteiger partial charge in [-0.1, -0.05) is 28.4 Å². The quantitative estimate of drug-likeness (QED) is 0.874. The topological polar surface area (TPSA) is 80.9 Å². The van der Waals surface area contributed by atoms with Crippen molar-refractivity contribution in [1.29, 1.82) is 0 Å². The third kappa shape index (κ3) is 3.65. The van der Waals surface area contributed by atoms with Crippen molar-refractivity contribution in [3.8, 4) is 0 Å². The second kappa shape index (κ2) is 5.99. The minimum Gasteiger partial charge on any atom is -0.351 e. The van der Waals surface area contributed by atoms with Gasteiger partial charge in [0.1, 0.15) is 5.15 Å². The van der Waals surface area contributed by atoms with Crippen LogP contribution in [0.15, 0.2) is 16.8 Å². The summed E-state index contributed by atoms with van der Waals surface area (Å²) in [5.74, 6) is 0.701. The number of nitrogens with one attached hydrogen (secondary N) is 1. The summed E-state index contributed by atoms with van der Waals surface area (Å²) in [4.78, 5) is 19.7. The molecule has 1 N–H and O–H groups in total. The number of aromatic nitrogens is 3. The SMILES string of the molecule is Cc1noc(CCNC(=O)c2cc(Cl)ncc2Cl)n1. The fraction of sp³-hybridized carbons (Fsp3) is 0.273. The first-order chi connectivity index (χ1) is 9.06. The van der Waals surface area contributed by atoms with E-state index in [1.165, 1.54) is 12.3 Å². The van der Waals surface area contributed by atoms with Crippen molar-refractivity contribution in [3.63, 3.8) is 0 Å². The fourth-order valence-electron chi connectivity index (χ4n) is 1.41. The molecular formula is C11H10Cl2N4O2. The number of hydrogen-bond acceptors (Lipinski definition) is 5. The van der Waals surface area contributed by atoms with Crippen LogP contribution in [-0.4, -0.2) is 27.6 Å². The molecule has 19 heavy (non-hydrogen) atoms. The molecule has 0 aliphatic heterocycles. The van der Waals surface area contributed by atoms with Gasteiger partial charge in [0.25, 0.3) is 5.91 Å². The van der Waals surface area contributed by atoms with Gasteiger partial charge in [-0.15, -0.1) is 0 Å². The van der Waals surface area contributed by atoms with E-state index in [1.54, 1.807) is 6.92 Å². The summed E-state index contributed by atoms with van der Waals surface area (Å²) in [5, 5.41) is 6.80. The minimum atomic E-state index is -0.328. The number of carbonyl (C=O) groups excluding carboxylic acids is 1. The monoisotopic (exact) mass is 300 g/mol. The molecule has 6 nitrogen and oxygen atoms in total. The van der Waals surface area contributed by atoms with Gasteiger partial charge in [0.15, 0.2) is 5.82 Å². The summed E-state index contributed by atoms with van der Waals surface area (Å²) in [6.07, 6.45) is 1.78. The van der Waals surface area contributed by atoms with Crippen LogP contribution < -0.4 is 5.32 Å². The van der Waals surface area contributed by atoms with Crippen LogP contribution in [0.4, 0.5) is 0 Å². The first-order valence-corrected chi connectivity index (χ1v) is 6.20. The fourth-order valence-corrected chi connectivity index (χ4v) is 1.75. The van der Waals surface area contributed by atoms with Crippen molar-refractivity contribution in [2.24, 2.45) is 0 Å². The van der Waals surface area contributed by atoms with Crippen molar-refractivity contribution in [2.75, 3.05) is 6.54 Å². The van der Waals surface area contributed by atoms with Gasteiger partial charge in [-0.2, -0.15) is 4.98 Å². The standard InChI is InChI=1S/C11H10Cl2N4O2/c1-6-16-10(19-17-6)2-3-14-11(18)7-4-9(13)15-5-8(7)12/h4-5H,2-3H2,1H3,(H,14,18). The summed E-state index contributed by atoms with van der Waals surface area (Å²) in [6, 6.07) is 1.41. The zero-order valence-corrected chi connectivity index (χ0v) is 11.5. The summed E-state index contributed by atoms with van der Waals surface area (Å²) < 4.78 is 4.93. The van der Waals surface area contributed by atoms with Gasteiger partial charge in [-0.3, -0.25) is 4.79 Å². The molecule has 0 aromatic carbocycles. The van der Waals surface area contributed by atoms with Crippen LogP contribution in [0.3, 0.4) is 0 Å². The molecule has 1 amide bonds. The van der Waals surface area contributed by atoms with Gasteiger partial charge in [0, 0.05) is 19.2 Å². The molecule has 0 radical (unpaired) electrons. The summed E-state index contributed by atoms with van der Waals surface area (Å²) >= 11 is 11.6. The second-order valence-electron chi connectivity index (χ2n) is 3.73. The van der Waals surface area contributed by atoms with Gasteiger partial charge in [-0.25, -0.2) is 4.98 Å².